The summed E-state index contributed by atoms with van der Waals surface area (Å²) < 4.78 is 3.37. The normalized spacial score (nSPS) is 12.3. The topological polar surface area (TPSA) is 81.8 Å². The molecule has 1 N–H and O–H groups in total. The molecule has 0 aliphatic rings. The van der Waals surface area contributed by atoms with Gasteiger partial charge in [-0.1, -0.05) is 12.1 Å². The van der Waals surface area contributed by atoms with Crippen molar-refractivity contribution in [1.29, 1.82) is 0 Å². The van der Waals surface area contributed by atoms with Gasteiger partial charge in [-0.2, -0.15) is 5.10 Å². The van der Waals surface area contributed by atoms with E-state index >= 15 is 0 Å². The van der Waals surface area contributed by atoms with Crippen LogP contribution in [0.15, 0.2) is 41.5 Å². The molecule has 2 heterocycles. The molecule has 3 aromatic rings. The van der Waals surface area contributed by atoms with E-state index in [1.165, 1.54) is 10.9 Å². The Morgan fingerprint density at radius 2 is 2.04 bits per heavy atom. The molecular weight excluding hydrogens is 330 g/mol. The van der Waals surface area contributed by atoms with Gasteiger partial charge < -0.3 is 5.32 Å². The fourth-order valence-corrected chi connectivity index (χ4v) is 3.00. The maximum Gasteiger partial charge on any atom is 0.261 e. The zero-order chi connectivity index (χ0) is 18.7. The van der Waals surface area contributed by atoms with Crippen LogP contribution in [0.1, 0.15) is 24.7 Å². The molecule has 0 spiro atoms. The SMILES string of the molecule is Cc1cc(C)n(CC(C)NC(=O)CCn2cnc3ccccc3c2=O)n1. The number of rotatable bonds is 6. The lowest BCUT2D eigenvalue weighted by Crippen LogP contribution is -2.37. The van der Waals surface area contributed by atoms with Gasteiger partial charge in [0, 0.05) is 24.7 Å². The fraction of sp³-hybridized carbons (Fsp3) is 0.368. The molecule has 3 rings (SSSR count). The maximum absolute atomic E-state index is 12.4. The van der Waals surface area contributed by atoms with Crippen molar-refractivity contribution in [3.63, 3.8) is 0 Å². The van der Waals surface area contributed by atoms with Gasteiger partial charge in [0.05, 0.1) is 29.5 Å². The zero-order valence-electron chi connectivity index (χ0n) is 15.3. The third-order valence-electron chi connectivity index (χ3n) is 4.27. The summed E-state index contributed by atoms with van der Waals surface area (Å²) in [7, 11) is 0. The number of amides is 1. The largest absolute Gasteiger partial charge is 0.352 e. The van der Waals surface area contributed by atoms with Gasteiger partial charge in [0.15, 0.2) is 0 Å². The summed E-state index contributed by atoms with van der Waals surface area (Å²) in [5.74, 6) is -0.0981. The third-order valence-corrected chi connectivity index (χ3v) is 4.27. The number of benzene rings is 1. The average Bonchev–Trinajstić information content (AvgIpc) is 2.91. The van der Waals surface area contributed by atoms with Gasteiger partial charge in [-0.15, -0.1) is 0 Å². The van der Waals surface area contributed by atoms with Gasteiger partial charge in [-0.05, 0) is 39.0 Å². The van der Waals surface area contributed by atoms with E-state index in [4.69, 9.17) is 0 Å². The second-order valence-electron chi connectivity index (χ2n) is 6.59. The number of hydrogen-bond acceptors (Lipinski definition) is 4. The van der Waals surface area contributed by atoms with E-state index in [-0.39, 0.29) is 23.9 Å². The molecule has 1 amide bonds. The summed E-state index contributed by atoms with van der Waals surface area (Å²) in [6.07, 6.45) is 1.72. The van der Waals surface area contributed by atoms with Crippen molar-refractivity contribution >= 4 is 16.8 Å². The molecular formula is C19H23N5O2. The quantitative estimate of drug-likeness (QED) is 0.733. The summed E-state index contributed by atoms with van der Waals surface area (Å²) in [6.45, 7) is 6.80. The van der Waals surface area contributed by atoms with E-state index in [1.54, 1.807) is 12.1 Å². The van der Waals surface area contributed by atoms with Gasteiger partial charge in [0.2, 0.25) is 5.91 Å². The van der Waals surface area contributed by atoms with Gasteiger partial charge in [0.25, 0.3) is 5.56 Å². The number of nitrogens with zero attached hydrogens (tertiary/aromatic N) is 4. The van der Waals surface area contributed by atoms with Crippen LogP contribution in [0, 0.1) is 13.8 Å². The molecule has 1 unspecified atom stereocenters. The molecule has 7 nitrogen and oxygen atoms in total. The highest BCUT2D eigenvalue weighted by Gasteiger charge is 2.11. The van der Waals surface area contributed by atoms with E-state index in [0.29, 0.717) is 24.0 Å². The minimum atomic E-state index is -0.126. The number of nitrogens with one attached hydrogen (secondary N) is 1. The van der Waals surface area contributed by atoms with Crippen LogP contribution in [0.2, 0.25) is 0 Å². The van der Waals surface area contributed by atoms with Crippen molar-refractivity contribution in [2.24, 2.45) is 0 Å². The Bertz CT molecular complexity index is 989. The summed E-state index contributed by atoms with van der Waals surface area (Å²) in [6, 6.07) is 9.16. The van der Waals surface area contributed by atoms with E-state index in [1.807, 2.05) is 43.7 Å². The lowest BCUT2D eigenvalue weighted by atomic mass is 10.2. The predicted molar refractivity (Wildman–Crippen MR) is 99.9 cm³/mol. The highest BCUT2D eigenvalue weighted by molar-refractivity contribution is 5.77. The van der Waals surface area contributed by atoms with Gasteiger partial charge in [-0.25, -0.2) is 4.98 Å². The Labute approximate surface area is 151 Å². The summed E-state index contributed by atoms with van der Waals surface area (Å²) in [5.41, 5.74) is 2.57. The Kier molecular flexibility index (Phi) is 5.16. The van der Waals surface area contributed by atoms with Crippen LogP contribution in [0.25, 0.3) is 10.9 Å². The fourth-order valence-electron chi connectivity index (χ4n) is 3.00. The standard InChI is InChI=1S/C19H23N5O2/c1-13-10-15(3)24(22-13)11-14(2)21-18(25)8-9-23-12-20-17-7-5-4-6-16(17)19(23)26/h4-7,10,12,14H,8-9,11H2,1-3H3,(H,21,25). The van der Waals surface area contributed by atoms with Crippen LogP contribution in [0.3, 0.4) is 0 Å². The minimum Gasteiger partial charge on any atom is -0.352 e. The van der Waals surface area contributed by atoms with E-state index < -0.39 is 0 Å². The smallest absolute Gasteiger partial charge is 0.261 e. The number of fused-ring (bicyclic) bond motifs is 1. The molecule has 1 aromatic carbocycles. The maximum atomic E-state index is 12.4. The van der Waals surface area contributed by atoms with Crippen LogP contribution >= 0.6 is 0 Å². The van der Waals surface area contributed by atoms with Crippen molar-refractivity contribution in [3.05, 3.63) is 58.4 Å². The summed E-state index contributed by atoms with van der Waals surface area (Å²) in [4.78, 5) is 28.9. The lowest BCUT2D eigenvalue weighted by Gasteiger charge is -2.15. The van der Waals surface area contributed by atoms with Crippen LogP contribution in [0.4, 0.5) is 0 Å². The Hall–Kier alpha value is -2.96. The van der Waals surface area contributed by atoms with Crippen LogP contribution < -0.4 is 10.9 Å². The third kappa shape index (κ3) is 3.99. The summed E-state index contributed by atoms with van der Waals surface area (Å²) >= 11 is 0. The monoisotopic (exact) mass is 353 g/mol. The van der Waals surface area contributed by atoms with Crippen LogP contribution in [-0.4, -0.2) is 31.3 Å². The second kappa shape index (κ2) is 7.51. The summed E-state index contributed by atoms with van der Waals surface area (Å²) in [5, 5.41) is 7.92. The molecule has 0 aliphatic carbocycles. The number of aryl methyl sites for hydroxylation is 3. The van der Waals surface area contributed by atoms with Crippen LogP contribution in [-0.2, 0) is 17.9 Å². The first-order chi connectivity index (χ1) is 12.4. The molecule has 0 aliphatic heterocycles. The molecule has 26 heavy (non-hydrogen) atoms. The zero-order valence-corrected chi connectivity index (χ0v) is 15.3. The molecule has 0 fully saturated rings. The van der Waals surface area contributed by atoms with Crippen molar-refractivity contribution in [1.82, 2.24) is 24.6 Å². The van der Waals surface area contributed by atoms with Crippen molar-refractivity contribution < 1.29 is 4.79 Å². The highest BCUT2D eigenvalue weighted by Crippen LogP contribution is 2.05. The number of carbonyl (C=O) groups excluding carboxylic acids is 1. The second-order valence-corrected chi connectivity index (χ2v) is 6.59. The van der Waals surface area contributed by atoms with Gasteiger partial charge in [0.1, 0.15) is 0 Å². The average molecular weight is 353 g/mol. The molecule has 0 bridgehead atoms. The first-order valence-corrected chi connectivity index (χ1v) is 8.68. The molecule has 0 radical (unpaired) electrons. The number of para-hydroxylation sites is 1. The predicted octanol–water partition coefficient (Wildman–Crippen LogP) is 1.80. The Balaban J connectivity index is 1.58. The van der Waals surface area contributed by atoms with Gasteiger partial charge >= 0.3 is 0 Å². The Morgan fingerprint density at radius 1 is 1.27 bits per heavy atom. The van der Waals surface area contributed by atoms with Gasteiger partial charge in [-0.3, -0.25) is 18.8 Å². The lowest BCUT2D eigenvalue weighted by molar-refractivity contribution is -0.122. The molecule has 0 saturated heterocycles. The molecule has 0 saturated carbocycles. The molecule has 7 heteroatoms. The van der Waals surface area contributed by atoms with Crippen molar-refractivity contribution in [2.45, 2.75) is 46.3 Å². The molecule has 1 atom stereocenters. The van der Waals surface area contributed by atoms with E-state index in [0.717, 1.165) is 11.4 Å². The highest BCUT2D eigenvalue weighted by atomic mass is 16.2. The first kappa shape index (κ1) is 17.8. The van der Waals surface area contributed by atoms with E-state index in [2.05, 4.69) is 15.4 Å². The first-order valence-electron chi connectivity index (χ1n) is 8.68. The number of hydrogen-bond donors (Lipinski definition) is 1. The number of carbonyl (C=O) groups is 1. The Morgan fingerprint density at radius 3 is 2.77 bits per heavy atom. The molecule has 136 valence electrons. The molecule has 2 aromatic heterocycles. The van der Waals surface area contributed by atoms with E-state index in [9.17, 15) is 9.59 Å². The van der Waals surface area contributed by atoms with Crippen molar-refractivity contribution in [3.8, 4) is 0 Å². The minimum absolute atomic E-state index is 0.0491. The van der Waals surface area contributed by atoms with Crippen LogP contribution in [0.5, 0.6) is 0 Å². The van der Waals surface area contributed by atoms with Crippen molar-refractivity contribution in [2.75, 3.05) is 0 Å². The number of aromatic nitrogens is 4.